The van der Waals surface area contributed by atoms with Gasteiger partial charge in [0.1, 0.15) is 18.1 Å². The number of Topliss-reactive ketones (excluding diaryl/α,β-unsaturated/α-hetero) is 1. The highest BCUT2D eigenvalue weighted by molar-refractivity contribution is 5.99. The number of aromatic nitrogens is 2. The summed E-state index contributed by atoms with van der Waals surface area (Å²) >= 11 is 0. The molecule has 0 aliphatic heterocycles. The number of rotatable bonds is 6. The molecule has 0 atom stereocenters. The standard InChI is InChI=1S/C24H26N2O3/c1-16-21(11-10-19(22(16)28)20(27)14-24(2,3)4)29-15-18-12-13-25-23(26-18)17-8-6-5-7-9-17/h5-13,28H,14-15H2,1-4H3. The number of carbonyl (C=O) groups excluding carboxylic acids is 1. The molecule has 0 unspecified atom stereocenters. The lowest BCUT2D eigenvalue weighted by Crippen LogP contribution is -2.13. The molecule has 0 fully saturated rings. The van der Waals surface area contributed by atoms with Crippen molar-refractivity contribution in [1.29, 1.82) is 0 Å². The second-order valence-corrected chi connectivity index (χ2v) is 8.27. The molecule has 1 N–H and O–H groups in total. The largest absolute Gasteiger partial charge is 0.507 e. The van der Waals surface area contributed by atoms with E-state index in [0.29, 0.717) is 29.1 Å². The van der Waals surface area contributed by atoms with Crippen LogP contribution in [0, 0.1) is 12.3 Å². The number of carbonyl (C=O) groups is 1. The van der Waals surface area contributed by atoms with Gasteiger partial charge in [-0.2, -0.15) is 0 Å². The van der Waals surface area contributed by atoms with Crippen LogP contribution < -0.4 is 4.74 Å². The minimum Gasteiger partial charge on any atom is -0.507 e. The van der Waals surface area contributed by atoms with Gasteiger partial charge in [-0.25, -0.2) is 9.97 Å². The van der Waals surface area contributed by atoms with Crippen LogP contribution in [0.5, 0.6) is 11.5 Å². The van der Waals surface area contributed by atoms with Crippen molar-refractivity contribution >= 4 is 5.78 Å². The number of phenolic OH excluding ortho intramolecular Hbond substituents is 1. The van der Waals surface area contributed by atoms with E-state index in [1.54, 1.807) is 31.3 Å². The number of benzene rings is 2. The highest BCUT2D eigenvalue weighted by Crippen LogP contribution is 2.33. The minimum absolute atomic E-state index is 0.0237. The maximum Gasteiger partial charge on any atom is 0.167 e. The Kier molecular flexibility index (Phi) is 5.97. The van der Waals surface area contributed by atoms with Crippen molar-refractivity contribution in [2.45, 2.75) is 40.7 Å². The normalized spacial score (nSPS) is 11.3. The van der Waals surface area contributed by atoms with Crippen molar-refractivity contribution in [2.24, 2.45) is 5.41 Å². The number of phenols is 1. The fraction of sp³-hybridized carbons (Fsp3) is 0.292. The van der Waals surface area contributed by atoms with Gasteiger partial charge in [0.25, 0.3) is 0 Å². The summed E-state index contributed by atoms with van der Waals surface area (Å²) in [4.78, 5) is 21.3. The van der Waals surface area contributed by atoms with Gasteiger partial charge < -0.3 is 9.84 Å². The Bertz CT molecular complexity index is 1010. The Balaban J connectivity index is 1.75. The number of ketones is 1. The summed E-state index contributed by atoms with van der Waals surface area (Å²) < 4.78 is 5.87. The van der Waals surface area contributed by atoms with Gasteiger partial charge >= 0.3 is 0 Å². The van der Waals surface area contributed by atoms with Crippen LogP contribution in [0.3, 0.4) is 0 Å². The molecule has 0 amide bonds. The number of hydrogen-bond donors (Lipinski definition) is 1. The van der Waals surface area contributed by atoms with Crippen LogP contribution in [0.15, 0.2) is 54.7 Å². The smallest absolute Gasteiger partial charge is 0.167 e. The zero-order valence-electron chi connectivity index (χ0n) is 17.3. The van der Waals surface area contributed by atoms with Gasteiger partial charge in [-0.15, -0.1) is 0 Å². The number of hydrogen-bond acceptors (Lipinski definition) is 5. The highest BCUT2D eigenvalue weighted by atomic mass is 16.5. The fourth-order valence-electron chi connectivity index (χ4n) is 2.99. The Morgan fingerprint density at radius 3 is 2.48 bits per heavy atom. The van der Waals surface area contributed by atoms with E-state index in [4.69, 9.17) is 4.74 Å². The van der Waals surface area contributed by atoms with Gasteiger partial charge in [0.15, 0.2) is 11.6 Å². The Morgan fingerprint density at radius 1 is 1.07 bits per heavy atom. The van der Waals surface area contributed by atoms with Crippen molar-refractivity contribution in [3.63, 3.8) is 0 Å². The van der Waals surface area contributed by atoms with E-state index < -0.39 is 0 Å². The lowest BCUT2D eigenvalue weighted by molar-refractivity contribution is 0.0937. The van der Waals surface area contributed by atoms with Crippen LogP contribution >= 0.6 is 0 Å². The average Bonchev–Trinajstić information content (AvgIpc) is 2.68. The molecule has 29 heavy (non-hydrogen) atoms. The second-order valence-electron chi connectivity index (χ2n) is 8.27. The van der Waals surface area contributed by atoms with Crippen molar-refractivity contribution < 1.29 is 14.6 Å². The van der Waals surface area contributed by atoms with E-state index in [9.17, 15) is 9.90 Å². The van der Waals surface area contributed by atoms with Gasteiger partial charge in [0.2, 0.25) is 0 Å². The number of ether oxygens (including phenoxy) is 1. The molecule has 150 valence electrons. The maximum atomic E-state index is 12.5. The topological polar surface area (TPSA) is 72.3 Å². The molecule has 3 rings (SSSR count). The summed E-state index contributed by atoms with van der Waals surface area (Å²) in [6.07, 6.45) is 2.07. The predicted molar refractivity (Wildman–Crippen MR) is 113 cm³/mol. The van der Waals surface area contributed by atoms with E-state index in [2.05, 4.69) is 9.97 Å². The summed E-state index contributed by atoms with van der Waals surface area (Å²) in [6.45, 7) is 7.97. The first-order valence-electron chi connectivity index (χ1n) is 9.60. The third-order valence-corrected chi connectivity index (χ3v) is 4.49. The van der Waals surface area contributed by atoms with Crippen LogP contribution in [0.2, 0.25) is 0 Å². The molecule has 2 aromatic carbocycles. The number of nitrogens with zero attached hydrogens (tertiary/aromatic N) is 2. The highest BCUT2D eigenvalue weighted by Gasteiger charge is 2.21. The molecule has 0 bridgehead atoms. The molecule has 0 radical (unpaired) electrons. The van der Waals surface area contributed by atoms with E-state index in [1.165, 1.54) is 0 Å². The zero-order chi connectivity index (χ0) is 21.0. The quantitative estimate of drug-likeness (QED) is 0.574. The van der Waals surface area contributed by atoms with E-state index in [1.807, 2.05) is 51.1 Å². The first-order valence-corrected chi connectivity index (χ1v) is 9.60. The number of aromatic hydroxyl groups is 1. The summed E-state index contributed by atoms with van der Waals surface area (Å²) in [5, 5.41) is 10.5. The lowest BCUT2D eigenvalue weighted by atomic mass is 9.87. The first kappa shape index (κ1) is 20.5. The van der Waals surface area contributed by atoms with Crippen molar-refractivity contribution in [1.82, 2.24) is 9.97 Å². The Labute approximate surface area is 171 Å². The molecule has 1 heterocycles. The monoisotopic (exact) mass is 390 g/mol. The van der Waals surface area contributed by atoms with Gasteiger partial charge in [-0.3, -0.25) is 4.79 Å². The van der Waals surface area contributed by atoms with Crippen molar-refractivity contribution in [3.05, 3.63) is 71.5 Å². The van der Waals surface area contributed by atoms with Crippen molar-refractivity contribution in [2.75, 3.05) is 0 Å². The molecule has 0 aliphatic rings. The lowest BCUT2D eigenvalue weighted by Gasteiger charge is -2.18. The summed E-state index contributed by atoms with van der Waals surface area (Å²) in [5.41, 5.74) is 2.39. The molecule has 5 nitrogen and oxygen atoms in total. The van der Waals surface area contributed by atoms with Crippen LogP contribution in [0.4, 0.5) is 0 Å². The molecular weight excluding hydrogens is 364 g/mol. The van der Waals surface area contributed by atoms with Gasteiger partial charge in [-0.05, 0) is 30.5 Å². The van der Waals surface area contributed by atoms with Crippen LogP contribution in [0.25, 0.3) is 11.4 Å². The molecule has 1 aromatic heterocycles. The summed E-state index contributed by atoms with van der Waals surface area (Å²) in [5.74, 6) is 1.06. The Hall–Kier alpha value is -3.21. The summed E-state index contributed by atoms with van der Waals surface area (Å²) in [6, 6.07) is 14.9. The molecule has 0 saturated carbocycles. The van der Waals surface area contributed by atoms with E-state index in [0.717, 1.165) is 11.3 Å². The maximum absolute atomic E-state index is 12.5. The van der Waals surface area contributed by atoms with Gasteiger partial charge in [-0.1, -0.05) is 51.1 Å². The molecule has 0 aliphatic carbocycles. The molecule has 0 spiro atoms. The van der Waals surface area contributed by atoms with Gasteiger partial charge in [0, 0.05) is 23.7 Å². The Morgan fingerprint density at radius 2 is 1.79 bits per heavy atom. The molecule has 3 aromatic rings. The minimum atomic E-state index is -0.143. The van der Waals surface area contributed by atoms with Crippen LogP contribution in [-0.4, -0.2) is 20.9 Å². The van der Waals surface area contributed by atoms with E-state index >= 15 is 0 Å². The second kappa shape index (κ2) is 8.43. The predicted octanol–water partition coefficient (Wildman–Crippen LogP) is 5.36. The zero-order valence-corrected chi connectivity index (χ0v) is 17.3. The molecule has 5 heteroatoms. The molecular formula is C24H26N2O3. The van der Waals surface area contributed by atoms with Crippen molar-refractivity contribution in [3.8, 4) is 22.9 Å². The average molecular weight is 390 g/mol. The third-order valence-electron chi connectivity index (χ3n) is 4.49. The SMILES string of the molecule is Cc1c(OCc2ccnc(-c3ccccc3)n2)ccc(C(=O)CC(C)(C)C)c1O. The van der Waals surface area contributed by atoms with Crippen LogP contribution in [0.1, 0.15) is 48.8 Å². The van der Waals surface area contributed by atoms with E-state index in [-0.39, 0.29) is 23.6 Å². The fourth-order valence-corrected chi connectivity index (χ4v) is 2.99. The van der Waals surface area contributed by atoms with Gasteiger partial charge in [0.05, 0.1) is 11.3 Å². The third kappa shape index (κ3) is 5.19. The molecule has 0 saturated heterocycles. The van der Waals surface area contributed by atoms with Crippen LogP contribution in [-0.2, 0) is 6.61 Å². The first-order chi connectivity index (χ1) is 13.7. The summed E-state index contributed by atoms with van der Waals surface area (Å²) in [7, 11) is 0.